The quantitative estimate of drug-likeness (QED) is 0.480. The summed E-state index contributed by atoms with van der Waals surface area (Å²) < 4.78 is 29.2. The average molecular weight is 441 g/mol. The van der Waals surface area contributed by atoms with Gasteiger partial charge in [0, 0.05) is 37.8 Å². The van der Waals surface area contributed by atoms with Crippen LogP contribution in [0.5, 0.6) is 0 Å². The molecule has 0 unspecified atom stereocenters. The molecule has 0 spiro atoms. The lowest BCUT2D eigenvalue weighted by Crippen LogP contribution is -2.57. The predicted molar refractivity (Wildman–Crippen MR) is 115 cm³/mol. The summed E-state index contributed by atoms with van der Waals surface area (Å²) >= 11 is 1.53. The highest BCUT2D eigenvalue weighted by atomic mass is 32.2. The normalized spacial score (nSPS) is 18.5. The Balaban J connectivity index is 1.47. The number of hydrogen-bond donors (Lipinski definition) is 3. The molecule has 2 fully saturated rings. The fourth-order valence-corrected chi connectivity index (χ4v) is 5.31. The van der Waals surface area contributed by atoms with E-state index in [9.17, 15) is 8.42 Å². The van der Waals surface area contributed by atoms with Crippen molar-refractivity contribution in [2.45, 2.75) is 42.8 Å². The van der Waals surface area contributed by atoms with Crippen LogP contribution in [0.25, 0.3) is 5.65 Å². The summed E-state index contributed by atoms with van der Waals surface area (Å²) in [4.78, 5) is 11.3. The monoisotopic (exact) mass is 440 g/mol. The van der Waals surface area contributed by atoms with Gasteiger partial charge in [0.05, 0.1) is 5.75 Å². The van der Waals surface area contributed by atoms with Gasteiger partial charge in [-0.2, -0.15) is 19.6 Å². The minimum absolute atomic E-state index is 0.00741. The number of anilines is 2. The summed E-state index contributed by atoms with van der Waals surface area (Å²) in [5.41, 5.74) is 0.696. The van der Waals surface area contributed by atoms with Crippen LogP contribution < -0.4 is 20.3 Å². The van der Waals surface area contributed by atoms with Gasteiger partial charge in [0.1, 0.15) is 5.03 Å². The number of aromatic nitrogens is 4. The van der Waals surface area contributed by atoms with E-state index >= 15 is 0 Å². The minimum Gasteiger partial charge on any atom is -0.353 e. The number of nitrogens with one attached hydrogen (secondary N) is 3. The topological polar surface area (TPSA) is 117 Å². The molecule has 1 saturated heterocycles. The molecule has 29 heavy (non-hydrogen) atoms. The molecule has 1 aliphatic carbocycles. The van der Waals surface area contributed by atoms with Gasteiger partial charge in [-0.05, 0) is 26.1 Å². The maximum absolute atomic E-state index is 12.4. The first-order valence-electron chi connectivity index (χ1n) is 9.95. The molecule has 0 bridgehead atoms. The van der Waals surface area contributed by atoms with Crippen LogP contribution in [0.3, 0.4) is 0 Å². The molecule has 0 amide bonds. The molecule has 160 valence electrons. The lowest BCUT2D eigenvalue weighted by atomic mass is 10.1. The van der Waals surface area contributed by atoms with Crippen LogP contribution in [0.4, 0.5) is 11.9 Å². The van der Waals surface area contributed by atoms with Crippen molar-refractivity contribution in [3.63, 3.8) is 0 Å². The van der Waals surface area contributed by atoms with E-state index in [-0.39, 0.29) is 18.3 Å². The first-order valence-corrected chi connectivity index (χ1v) is 12.8. The average Bonchev–Trinajstić information content (AvgIpc) is 3.29. The van der Waals surface area contributed by atoms with Gasteiger partial charge in [0.2, 0.25) is 21.9 Å². The summed E-state index contributed by atoms with van der Waals surface area (Å²) in [6, 6.07) is 2.43. The van der Waals surface area contributed by atoms with Gasteiger partial charge in [0.25, 0.3) is 0 Å². The summed E-state index contributed by atoms with van der Waals surface area (Å²) in [5.74, 6) is 1.13. The Morgan fingerprint density at radius 3 is 2.66 bits per heavy atom. The third-order valence-electron chi connectivity index (χ3n) is 5.43. The van der Waals surface area contributed by atoms with Crippen molar-refractivity contribution in [1.29, 1.82) is 0 Å². The molecule has 2 aromatic rings. The van der Waals surface area contributed by atoms with E-state index in [1.54, 1.807) is 4.52 Å². The number of rotatable bonds is 9. The number of nitrogens with zero attached hydrogens (tertiary/aromatic N) is 5. The van der Waals surface area contributed by atoms with Gasteiger partial charge in [-0.15, -0.1) is 11.8 Å². The minimum atomic E-state index is -3.33. The standard InChI is InChI=1S/C17H28N8O2S2/c1-18-13-10-24(11-13)17-20-14-9-15(28-2)22-25(14)16(21-17)19-7-8-29(26,27)23-12-5-3-4-6-12/h9,12-13,18,23H,3-8,10-11H2,1-2H3,(H,19,20,21). The van der Waals surface area contributed by atoms with E-state index in [0.717, 1.165) is 43.8 Å². The van der Waals surface area contributed by atoms with Crippen molar-refractivity contribution < 1.29 is 8.42 Å². The zero-order chi connectivity index (χ0) is 20.4. The Morgan fingerprint density at radius 1 is 1.21 bits per heavy atom. The predicted octanol–water partition coefficient (Wildman–Crippen LogP) is 0.528. The smallest absolute Gasteiger partial charge is 0.230 e. The van der Waals surface area contributed by atoms with E-state index < -0.39 is 10.0 Å². The summed E-state index contributed by atoms with van der Waals surface area (Å²) in [5, 5.41) is 11.7. The Hall–Kier alpha value is -1.63. The molecule has 1 saturated carbocycles. The molecule has 3 heterocycles. The van der Waals surface area contributed by atoms with Crippen LogP contribution in [0.15, 0.2) is 11.1 Å². The van der Waals surface area contributed by atoms with E-state index in [2.05, 4.69) is 35.3 Å². The van der Waals surface area contributed by atoms with Gasteiger partial charge in [0.15, 0.2) is 5.65 Å². The number of likely N-dealkylation sites (N-methyl/N-ethyl adjacent to an activating group) is 1. The molecule has 1 aliphatic heterocycles. The van der Waals surface area contributed by atoms with Crippen LogP contribution in [0, 0.1) is 0 Å². The third-order valence-corrected chi connectivity index (χ3v) is 7.48. The molecular formula is C17H28N8O2S2. The number of fused-ring (bicyclic) bond motifs is 1. The van der Waals surface area contributed by atoms with Crippen LogP contribution in [-0.2, 0) is 10.0 Å². The molecule has 2 aromatic heterocycles. The Morgan fingerprint density at radius 2 is 1.97 bits per heavy atom. The highest BCUT2D eigenvalue weighted by molar-refractivity contribution is 7.98. The van der Waals surface area contributed by atoms with Gasteiger partial charge >= 0.3 is 0 Å². The number of sulfonamides is 1. The molecular weight excluding hydrogens is 412 g/mol. The van der Waals surface area contributed by atoms with Crippen molar-refractivity contribution in [3.05, 3.63) is 6.07 Å². The third kappa shape index (κ3) is 4.76. The summed E-state index contributed by atoms with van der Waals surface area (Å²) in [7, 11) is -1.38. The lowest BCUT2D eigenvalue weighted by molar-refractivity contribution is 0.443. The van der Waals surface area contributed by atoms with Crippen molar-refractivity contribution in [2.24, 2.45) is 0 Å². The van der Waals surface area contributed by atoms with Gasteiger partial charge in [-0.1, -0.05) is 12.8 Å². The Bertz CT molecular complexity index is 952. The van der Waals surface area contributed by atoms with Crippen LogP contribution in [-0.4, -0.2) is 78.8 Å². The van der Waals surface area contributed by atoms with Crippen LogP contribution >= 0.6 is 11.8 Å². The van der Waals surface area contributed by atoms with Crippen LogP contribution in [0.1, 0.15) is 25.7 Å². The fraction of sp³-hybridized carbons (Fsp3) is 0.706. The zero-order valence-electron chi connectivity index (χ0n) is 16.8. The molecule has 3 N–H and O–H groups in total. The van der Waals surface area contributed by atoms with E-state index in [4.69, 9.17) is 0 Å². The SMILES string of the molecule is CNC1CN(c2nc(NCCS(=O)(=O)NC3CCCC3)n3nc(SC)cc3n2)C1. The second kappa shape index (κ2) is 8.62. The van der Waals surface area contributed by atoms with Crippen molar-refractivity contribution in [1.82, 2.24) is 29.6 Å². The van der Waals surface area contributed by atoms with Crippen molar-refractivity contribution in [2.75, 3.05) is 48.9 Å². The molecule has 0 aromatic carbocycles. The molecule has 0 atom stereocenters. The maximum atomic E-state index is 12.4. The molecule has 10 nitrogen and oxygen atoms in total. The fourth-order valence-electron chi connectivity index (χ4n) is 3.69. The Kier molecular flexibility index (Phi) is 6.13. The first-order chi connectivity index (χ1) is 14.0. The maximum Gasteiger partial charge on any atom is 0.230 e. The second-order valence-electron chi connectivity index (χ2n) is 7.54. The highest BCUT2D eigenvalue weighted by Gasteiger charge is 2.28. The van der Waals surface area contributed by atoms with Gasteiger partial charge < -0.3 is 15.5 Å². The molecule has 0 radical (unpaired) electrons. The van der Waals surface area contributed by atoms with E-state index in [0.29, 0.717) is 23.6 Å². The second-order valence-corrected chi connectivity index (χ2v) is 10.2. The lowest BCUT2D eigenvalue weighted by Gasteiger charge is -2.39. The number of thioether (sulfide) groups is 1. The molecule has 12 heteroatoms. The summed E-state index contributed by atoms with van der Waals surface area (Å²) in [6.45, 7) is 1.94. The van der Waals surface area contributed by atoms with E-state index in [1.807, 2.05) is 19.4 Å². The first kappa shape index (κ1) is 20.6. The molecule has 2 aliphatic rings. The van der Waals surface area contributed by atoms with Crippen molar-refractivity contribution in [3.8, 4) is 0 Å². The Labute approximate surface area is 175 Å². The molecule has 4 rings (SSSR count). The largest absolute Gasteiger partial charge is 0.353 e. The zero-order valence-corrected chi connectivity index (χ0v) is 18.4. The van der Waals surface area contributed by atoms with E-state index in [1.165, 1.54) is 11.8 Å². The summed E-state index contributed by atoms with van der Waals surface area (Å²) in [6.07, 6.45) is 6.00. The van der Waals surface area contributed by atoms with Gasteiger partial charge in [-0.25, -0.2) is 13.1 Å². The van der Waals surface area contributed by atoms with Crippen LogP contribution in [0.2, 0.25) is 0 Å². The van der Waals surface area contributed by atoms with Crippen molar-refractivity contribution >= 4 is 39.3 Å². The van der Waals surface area contributed by atoms with Gasteiger partial charge in [-0.3, -0.25) is 0 Å². The number of hydrogen-bond acceptors (Lipinski definition) is 9. The highest BCUT2D eigenvalue weighted by Crippen LogP contribution is 2.23.